The number of nitrogen functional groups attached to an aromatic ring is 1. The van der Waals surface area contributed by atoms with Crippen molar-refractivity contribution in [3.8, 4) is 5.69 Å². The summed E-state index contributed by atoms with van der Waals surface area (Å²) in [5.74, 6) is 0.629. The van der Waals surface area contributed by atoms with Crippen LogP contribution in [-0.2, 0) is 6.61 Å². The van der Waals surface area contributed by atoms with Crippen LogP contribution in [0.3, 0.4) is 0 Å². The van der Waals surface area contributed by atoms with E-state index in [1.54, 1.807) is 11.3 Å². The first-order valence-corrected chi connectivity index (χ1v) is 6.14. The fraction of sp³-hybridized carbons (Fsp3) is 0.0833. The number of hydrogen-bond acceptors (Lipinski definition) is 4. The molecule has 2 heterocycles. The Balaban J connectivity index is 2.35. The molecule has 5 heteroatoms. The average Bonchev–Trinajstić information content (AvgIpc) is 2.93. The molecular formula is C12H11N3OS. The monoisotopic (exact) mass is 245 g/mol. The molecule has 0 radical (unpaired) electrons. The number of aliphatic hydroxyl groups is 1. The molecule has 3 aromatic rings. The lowest BCUT2D eigenvalue weighted by Gasteiger charge is -2.04. The first-order valence-electron chi connectivity index (χ1n) is 5.20. The number of fused-ring (bicyclic) bond motifs is 1. The second-order valence-corrected chi connectivity index (χ2v) is 4.53. The SMILES string of the molecule is Nc1ccc2c(c1)nc(CO)n2-c1ccsc1. The minimum Gasteiger partial charge on any atom is -0.399 e. The maximum absolute atomic E-state index is 9.38. The van der Waals surface area contributed by atoms with Gasteiger partial charge in [-0.3, -0.25) is 4.57 Å². The van der Waals surface area contributed by atoms with Crippen LogP contribution in [0.4, 0.5) is 5.69 Å². The number of anilines is 1. The minimum atomic E-state index is -0.0928. The largest absolute Gasteiger partial charge is 0.399 e. The Kier molecular flexibility index (Phi) is 2.35. The molecule has 3 N–H and O–H groups in total. The van der Waals surface area contributed by atoms with Crippen molar-refractivity contribution in [2.24, 2.45) is 0 Å². The van der Waals surface area contributed by atoms with Gasteiger partial charge in [-0.05, 0) is 29.6 Å². The number of thiophene rings is 1. The van der Waals surface area contributed by atoms with Gasteiger partial charge in [0.25, 0.3) is 0 Å². The van der Waals surface area contributed by atoms with Gasteiger partial charge < -0.3 is 10.8 Å². The summed E-state index contributed by atoms with van der Waals surface area (Å²) in [6.45, 7) is -0.0928. The molecule has 17 heavy (non-hydrogen) atoms. The normalized spacial score (nSPS) is 11.1. The van der Waals surface area contributed by atoms with E-state index in [-0.39, 0.29) is 6.61 Å². The lowest BCUT2D eigenvalue weighted by atomic mass is 10.3. The van der Waals surface area contributed by atoms with E-state index in [1.807, 2.05) is 39.6 Å². The highest BCUT2D eigenvalue weighted by molar-refractivity contribution is 7.08. The van der Waals surface area contributed by atoms with Gasteiger partial charge in [0, 0.05) is 11.1 Å². The number of imidazole rings is 1. The van der Waals surface area contributed by atoms with Crippen LogP contribution in [0.15, 0.2) is 35.0 Å². The van der Waals surface area contributed by atoms with Crippen molar-refractivity contribution in [3.05, 3.63) is 40.8 Å². The highest BCUT2D eigenvalue weighted by atomic mass is 32.1. The van der Waals surface area contributed by atoms with Crippen LogP contribution >= 0.6 is 11.3 Å². The molecule has 0 amide bonds. The molecule has 86 valence electrons. The predicted octanol–water partition coefficient (Wildman–Crippen LogP) is 2.16. The first-order chi connectivity index (χ1) is 8.29. The van der Waals surface area contributed by atoms with E-state index < -0.39 is 0 Å². The zero-order chi connectivity index (χ0) is 11.8. The van der Waals surface area contributed by atoms with Gasteiger partial charge in [0.1, 0.15) is 12.4 Å². The van der Waals surface area contributed by atoms with Gasteiger partial charge in [-0.15, -0.1) is 0 Å². The topological polar surface area (TPSA) is 64.1 Å². The molecule has 3 rings (SSSR count). The molecule has 0 unspecified atom stereocenters. The van der Waals surface area contributed by atoms with Gasteiger partial charge in [-0.2, -0.15) is 11.3 Å². The van der Waals surface area contributed by atoms with E-state index in [0.29, 0.717) is 11.5 Å². The Bertz CT molecular complexity index is 658. The molecule has 0 saturated heterocycles. The van der Waals surface area contributed by atoms with E-state index in [2.05, 4.69) is 4.98 Å². The van der Waals surface area contributed by atoms with Crippen molar-refractivity contribution < 1.29 is 5.11 Å². The lowest BCUT2D eigenvalue weighted by Crippen LogP contribution is -1.99. The lowest BCUT2D eigenvalue weighted by molar-refractivity contribution is 0.270. The fourth-order valence-electron chi connectivity index (χ4n) is 1.93. The second-order valence-electron chi connectivity index (χ2n) is 3.75. The van der Waals surface area contributed by atoms with Gasteiger partial charge in [-0.1, -0.05) is 0 Å². The van der Waals surface area contributed by atoms with Crippen molar-refractivity contribution in [2.75, 3.05) is 5.73 Å². The Hall–Kier alpha value is -1.85. The number of benzene rings is 1. The first kappa shape index (κ1) is 10.3. The molecule has 0 saturated carbocycles. The molecular weight excluding hydrogens is 234 g/mol. The molecule has 0 atom stereocenters. The number of aliphatic hydroxyl groups excluding tert-OH is 1. The van der Waals surface area contributed by atoms with Crippen LogP contribution in [0.25, 0.3) is 16.7 Å². The number of aromatic nitrogens is 2. The summed E-state index contributed by atoms with van der Waals surface area (Å²) < 4.78 is 1.95. The molecule has 0 aliphatic rings. The molecule has 4 nitrogen and oxygen atoms in total. The average molecular weight is 245 g/mol. The van der Waals surface area contributed by atoms with Crippen molar-refractivity contribution in [3.63, 3.8) is 0 Å². The third-order valence-electron chi connectivity index (χ3n) is 2.65. The standard InChI is InChI=1S/C12H11N3OS/c13-8-1-2-11-10(5-8)14-12(6-16)15(11)9-3-4-17-7-9/h1-5,7,16H,6,13H2. The summed E-state index contributed by atoms with van der Waals surface area (Å²) >= 11 is 1.61. The number of nitrogens with two attached hydrogens (primary N) is 1. The van der Waals surface area contributed by atoms with Crippen molar-refractivity contribution >= 4 is 28.1 Å². The van der Waals surface area contributed by atoms with Crippen LogP contribution in [0.1, 0.15) is 5.82 Å². The zero-order valence-corrected chi connectivity index (χ0v) is 9.81. The van der Waals surface area contributed by atoms with Gasteiger partial charge in [-0.25, -0.2) is 4.98 Å². The predicted molar refractivity (Wildman–Crippen MR) is 69.3 cm³/mol. The summed E-state index contributed by atoms with van der Waals surface area (Å²) in [6.07, 6.45) is 0. The Labute approximate surface area is 102 Å². The summed E-state index contributed by atoms with van der Waals surface area (Å²) in [5.41, 5.74) is 9.20. The van der Waals surface area contributed by atoms with Crippen LogP contribution in [0.2, 0.25) is 0 Å². The van der Waals surface area contributed by atoms with Crippen molar-refractivity contribution in [1.29, 1.82) is 0 Å². The number of rotatable bonds is 2. The molecule has 2 aromatic heterocycles. The maximum atomic E-state index is 9.38. The van der Waals surface area contributed by atoms with E-state index in [0.717, 1.165) is 16.7 Å². The molecule has 0 fully saturated rings. The third kappa shape index (κ3) is 1.60. The van der Waals surface area contributed by atoms with E-state index >= 15 is 0 Å². The number of nitrogens with zero attached hydrogens (tertiary/aromatic N) is 2. The molecule has 1 aromatic carbocycles. The maximum Gasteiger partial charge on any atom is 0.140 e. The Morgan fingerprint density at radius 1 is 1.35 bits per heavy atom. The van der Waals surface area contributed by atoms with Crippen molar-refractivity contribution in [1.82, 2.24) is 9.55 Å². The number of hydrogen-bond donors (Lipinski definition) is 2. The highest BCUT2D eigenvalue weighted by Gasteiger charge is 2.11. The molecule has 0 bridgehead atoms. The summed E-state index contributed by atoms with van der Waals surface area (Å²) in [7, 11) is 0. The third-order valence-corrected chi connectivity index (χ3v) is 3.32. The molecule has 0 aliphatic heterocycles. The summed E-state index contributed by atoms with van der Waals surface area (Å²) in [6, 6.07) is 7.58. The van der Waals surface area contributed by atoms with Gasteiger partial charge in [0.05, 0.1) is 16.7 Å². The zero-order valence-electron chi connectivity index (χ0n) is 9.00. The molecule has 0 aliphatic carbocycles. The second kappa shape index (κ2) is 3.87. The van der Waals surface area contributed by atoms with Gasteiger partial charge >= 0.3 is 0 Å². The van der Waals surface area contributed by atoms with Crippen LogP contribution in [0.5, 0.6) is 0 Å². The Morgan fingerprint density at radius 2 is 2.24 bits per heavy atom. The van der Waals surface area contributed by atoms with Gasteiger partial charge in [0.2, 0.25) is 0 Å². The minimum absolute atomic E-state index is 0.0928. The summed E-state index contributed by atoms with van der Waals surface area (Å²) in [4.78, 5) is 4.39. The van der Waals surface area contributed by atoms with E-state index in [4.69, 9.17) is 5.73 Å². The summed E-state index contributed by atoms with van der Waals surface area (Å²) in [5, 5.41) is 13.4. The van der Waals surface area contributed by atoms with Crippen molar-refractivity contribution in [2.45, 2.75) is 6.61 Å². The van der Waals surface area contributed by atoms with Crippen LogP contribution < -0.4 is 5.73 Å². The smallest absolute Gasteiger partial charge is 0.140 e. The fourth-order valence-corrected chi connectivity index (χ4v) is 2.55. The van der Waals surface area contributed by atoms with Crippen LogP contribution in [0, 0.1) is 0 Å². The van der Waals surface area contributed by atoms with Gasteiger partial charge in [0.15, 0.2) is 0 Å². The Morgan fingerprint density at radius 3 is 2.94 bits per heavy atom. The van der Waals surface area contributed by atoms with E-state index in [9.17, 15) is 5.11 Å². The quantitative estimate of drug-likeness (QED) is 0.680. The van der Waals surface area contributed by atoms with E-state index in [1.165, 1.54) is 0 Å². The highest BCUT2D eigenvalue weighted by Crippen LogP contribution is 2.24. The molecule has 0 spiro atoms. The van der Waals surface area contributed by atoms with Crippen LogP contribution in [-0.4, -0.2) is 14.7 Å².